The Bertz CT molecular complexity index is 5650. The standard InChI is InChI=1S/C22H24FN2.C22H25N2.C20H21N2.C18H16FN2.C16H15N4.5Ir/c1-14(2)17-7-6-8-18(15(3)4)22(17)20-13-16(23)9-10-19(20)21-11-12-25(5)24-21;1-16-9-8-10-17(2)21(16)19-12-7-6-11-18(19)20-13-14-24(23-20)15-22(3,4)5;1-14(2)22-13-12-19(21-22)17-10-5-6-11-18(17)20-15(3)8-7-9-16(20)4;1-12-5-4-6-13(2)18(12)16-11-14(19)7-8-15(16)17-9-10-21(3)20-17;1-11-5-4-6-12(2)15(11)16-13(9-17-10-18-16)14-7-8-20(3)19-14;;;;;/h6-9,11-15H,1-5H3;6-10,12-14H,15H2,1-5H3;5-9,11-14H,1-4H3;4-7,9-11H,1-3H3;4-8,10H,1-3H3;;;;;/q5*-1;;;;;. The van der Waals surface area contributed by atoms with E-state index in [0.29, 0.717) is 17.9 Å². The van der Waals surface area contributed by atoms with Crippen molar-refractivity contribution >= 4 is 0 Å². The van der Waals surface area contributed by atoms with Gasteiger partial charge in [-0.1, -0.05) is 264 Å². The van der Waals surface area contributed by atoms with Crippen molar-refractivity contribution in [2.45, 2.75) is 142 Å². The average Bonchev–Trinajstić information content (AvgIpc) is 1.09. The van der Waals surface area contributed by atoms with Crippen molar-refractivity contribution < 1.29 is 109 Å². The molecule has 0 spiro atoms. The number of benzene rings is 9. The molecule has 0 fully saturated rings. The molecule has 15 aromatic rings. The summed E-state index contributed by atoms with van der Waals surface area (Å²) in [7, 11) is 5.64. The second kappa shape index (κ2) is 43.8. The molecule has 117 heavy (non-hydrogen) atoms. The van der Waals surface area contributed by atoms with Crippen LogP contribution in [0.5, 0.6) is 0 Å². The Hall–Kier alpha value is -8.78. The SMILES string of the molecule is CC(C)c1cccc(C(C)C)c1-c1cc(F)c[c-]c1-c1ccn(C)n1.Cc1cccc(C)c1-c1cc(F)c[c-]c1-c1ccn(C)n1.Cc1cccc(C)c1-c1ccc[c-]c1-c1ccn(C(C)C)n1.Cc1cccc(C)c1-c1ccc[c-]c1-c1ccn(CC(C)(C)C)n1.Cc1cccc(C)c1-c1ncn[c-]c1-c1ccn(C)n1.[Ir].[Ir].[Ir].[Ir].[Ir]. The minimum absolute atomic E-state index is 0. The van der Waals surface area contributed by atoms with Crippen molar-refractivity contribution in [3.63, 3.8) is 0 Å². The van der Waals surface area contributed by atoms with E-state index in [0.717, 1.165) is 107 Å². The van der Waals surface area contributed by atoms with Crippen molar-refractivity contribution in [1.82, 2.24) is 58.9 Å². The minimum atomic E-state index is -0.285. The zero-order valence-corrected chi connectivity index (χ0v) is 82.0. The molecule has 0 atom stereocenters. The molecule has 0 saturated carbocycles. The quantitative estimate of drug-likeness (QED) is 0.0996. The van der Waals surface area contributed by atoms with E-state index in [-0.39, 0.29) is 118 Å². The molecule has 617 valence electrons. The normalized spacial score (nSPS) is 10.7. The molecule has 0 aliphatic heterocycles. The van der Waals surface area contributed by atoms with E-state index in [1.54, 1.807) is 26.2 Å². The van der Waals surface area contributed by atoms with E-state index in [4.69, 9.17) is 10.2 Å². The molecule has 0 bridgehead atoms. The molecular formula is C98H101F2Ir5N12-5. The Morgan fingerprint density at radius 2 is 0.709 bits per heavy atom. The minimum Gasteiger partial charge on any atom is -0.341 e. The molecule has 19 heteroatoms. The third-order valence-electron chi connectivity index (χ3n) is 19.6. The first-order valence-corrected chi connectivity index (χ1v) is 38.2. The largest absolute Gasteiger partial charge is 0.341 e. The first-order valence-electron chi connectivity index (χ1n) is 38.2. The molecule has 0 N–H and O–H groups in total. The van der Waals surface area contributed by atoms with Gasteiger partial charge in [-0.15, -0.1) is 107 Å². The average molecular weight is 2450 g/mol. The van der Waals surface area contributed by atoms with Gasteiger partial charge in [0, 0.05) is 212 Å². The summed E-state index contributed by atoms with van der Waals surface area (Å²) in [6.45, 7) is 37.4. The third kappa shape index (κ3) is 24.0. The summed E-state index contributed by atoms with van der Waals surface area (Å²) in [6, 6.07) is 73.1. The first kappa shape index (κ1) is 97.1. The van der Waals surface area contributed by atoms with E-state index in [1.807, 2.05) is 124 Å². The second-order valence-electron chi connectivity index (χ2n) is 30.9. The van der Waals surface area contributed by atoms with Crippen LogP contribution in [-0.4, -0.2) is 58.9 Å². The van der Waals surface area contributed by atoms with E-state index in [9.17, 15) is 8.78 Å². The number of aryl methyl sites for hydroxylation is 11. The van der Waals surface area contributed by atoms with Gasteiger partial charge in [0.1, 0.15) is 0 Å². The summed E-state index contributed by atoms with van der Waals surface area (Å²) in [5.74, 6) is 0.123. The third-order valence-corrected chi connectivity index (χ3v) is 19.6. The molecule has 12 nitrogen and oxygen atoms in total. The van der Waals surface area contributed by atoms with Gasteiger partial charge in [0.05, 0.1) is 0 Å². The molecular weight excluding hydrogens is 2340 g/mol. The zero-order chi connectivity index (χ0) is 80.2. The van der Waals surface area contributed by atoms with Crippen LogP contribution in [0.4, 0.5) is 8.78 Å². The van der Waals surface area contributed by atoms with Crippen molar-refractivity contribution in [1.29, 1.82) is 0 Å². The molecule has 0 aliphatic rings. The molecule has 0 saturated heterocycles. The van der Waals surface area contributed by atoms with Crippen LogP contribution in [0.1, 0.15) is 136 Å². The Morgan fingerprint density at radius 3 is 1.09 bits per heavy atom. The van der Waals surface area contributed by atoms with Gasteiger partial charge in [-0.05, 0) is 115 Å². The van der Waals surface area contributed by atoms with E-state index in [2.05, 4.69) is 269 Å². The number of aromatic nitrogens is 12. The molecule has 6 heterocycles. The van der Waals surface area contributed by atoms with Gasteiger partial charge < -0.3 is 9.97 Å². The summed E-state index contributed by atoms with van der Waals surface area (Å²) in [5, 5.41) is 22.9. The topological polar surface area (TPSA) is 115 Å². The summed E-state index contributed by atoms with van der Waals surface area (Å²) in [4.78, 5) is 8.50. The molecule has 0 amide bonds. The van der Waals surface area contributed by atoms with Gasteiger partial charge in [0.15, 0.2) is 0 Å². The van der Waals surface area contributed by atoms with Crippen molar-refractivity contribution in [3.05, 3.63) is 317 Å². The molecule has 9 aromatic carbocycles. The number of rotatable bonds is 14. The van der Waals surface area contributed by atoms with E-state index < -0.39 is 0 Å². The van der Waals surface area contributed by atoms with Crippen LogP contribution in [-0.2, 0) is 128 Å². The van der Waals surface area contributed by atoms with Crippen LogP contribution in [0.2, 0.25) is 0 Å². The molecule has 0 unspecified atom stereocenters. The van der Waals surface area contributed by atoms with E-state index >= 15 is 0 Å². The fourth-order valence-corrected chi connectivity index (χ4v) is 14.4. The van der Waals surface area contributed by atoms with Crippen molar-refractivity contribution in [2.24, 2.45) is 26.6 Å². The van der Waals surface area contributed by atoms with Crippen LogP contribution < -0.4 is 0 Å². The predicted molar refractivity (Wildman–Crippen MR) is 454 cm³/mol. The van der Waals surface area contributed by atoms with Gasteiger partial charge in [-0.2, -0.15) is 0 Å². The fraction of sp³-hybridized carbons (Fsp3) is 0.255. The van der Waals surface area contributed by atoms with Crippen LogP contribution in [0.25, 0.3) is 112 Å². The smallest absolute Gasteiger partial charge is 0.0453 e. The van der Waals surface area contributed by atoms with Crippen LogP contribution in [0.3, 0.4) is 0 Å². The maximum Gasteiger partial charge on any atom is 0.0453 e. The maximum atomic E-state index is 14.2. The Morgan fingerprint density at radius 1 is 0.368 bits per heavy atom. The summed E-state index contributed by atoms with van der Waals surface area (Å²) >= 11 is 0. The Kier molecular flexibility index (Phi) is 36.3. The van der Waals surface area contributed by atoms with Gasteiger partial charge in [0.25, 0.3) is 0 Å². The van der Waals surface area contributed by atoms with Crippen LogP contribution in [0, 0.1) is 103 Å². The maximum absolute atomic E-state index is 14.2. The number of hydrogen-bond acceptors (Lipinski definition) is 7. The summed E-state index contributed by atoms with van der Waals surface area (Å²) in [6.07, 6.45) is 14.3. The second-order valence-corrected chi connectivity index (χ2v) is 30.9. The van der Waals surface area contributed by atoms with Gasteiger partial charge in [-0.3, -0.25) is 32.2 Å². The summed E-state index contributed by atoms with van der Waals surface area (Å²) in [5.41, 5.74) is 32.3. The van der Waals surface area contributed by atoms with Crippen LogP contribution >= 0.6 is 0 Å². The van der Waals surface area contributed by atoms with Crippen molar-refractivity contribution in [2.75, 3.05) is 0 Å². The molecule has 0 aliphatic carbocycles. The predicted octanol–water partition coefficient (Wildman–Crippen LogP) is 24.1. The van der Waals surface area contributed by atoms with Gasteiger partial charge in [-0.25, -0.2) is 25.5 Å². The zero-order valence-electron chi connectivity index (χ0n) is 70.0. The Balaban J connectivity index is 0.000000225. The van der Waals surface area contributed by atoms with Crippen molar-refractivity contribution in [3.8, 4) is 112 Å². The first-order chi connectivity index (χ1) is 53.5. The van der Waals surface area contributed by atoms with E-state index in [1.165, 1.54) is 85.2 Å². The fourth-order valence-electron chi connectivity index (χ4n) is 14.4. The number of hydrogen-bond donors (Lipinski definition) is 0. The van der Waals surface area contributed by atoms with Gasteiger partial charge >= 0.3 is 0 Å². The number of halogens is 2. The molecule has 15 rings (SSSR count). The molecule has 5 radical (unpaired) electrons. The number of nitrogens with zero attached hydrogens (tertiary/aromatic N) is 12. The monoisotopic (exact) mass is 2450 g/mol. The van der Waals surface area contributed by atoms with Gasteiger partial charge in [0.2, 0.25) is 0 Å². The Labute approximate surface area is 759 Å². The molecule has 6 aromatic heterocycles. The summed E-state index contributed by atoms with van der Waals surface area (Å²) < 4.78 is 37.2. The van der Waals surface area contributed by atoms with Crippen LogP contribution in [0.15, 0.2) is 219 Å².